The lowest BCUT2D eigenvalue weighted by molar-refractivity contribution is -0.139. The number of nitrogens with two attached hydrogens (primary N) is 1. The molecule has 4 aromatic carbocycles. The molecule has 58 heavy (non-hydrogen) atoms. The number of carboxylic acids is 1. The van der Waals surface area contributed by atoms with Crippen LogP contribution in [0.4, 0.5) is 21.0 Å². The van der Waals surface area contributed by atoms with Gasteiger partial charge in [-0.05, 0) is 99.8 Å². The molecule has 6 N–H and O–H groups in total. The van der Waals surface area contributed by atoms with Gasteiger partial charge in [-0.25, -0.2) is 14.4 Å². The summed E-state index contributed by atoms with van der Waals surface area (Å²) in [6, 6.07) is 30.7. The van der Waals surface area contributed by atoms with E-state index in [1.807, 2.05) is 66.9 Å². The van der Waals surface area contributed by atoms with E-state index in [0.717, 1.165) is 27.2 Å². The predicted molar refractivity (Wildman–Crippen MR) is 228 cm³/mol. The Bertz CT molecular complexity index is 2270. The van der Waals surface area contributed by atoms with Gasteiger partial charge in [0.15, 0.2) is 6.04 Å². The van der Waals surface area contributed by atoms with Crippen molar-refractivity contribution in [3.8, 4) is 0 Å². The molecule has 0 saturated carbocycles. The van der Waals surface area contributed by atoms with Gasteiger partial charge in [0, 0.05) is 46.9 Å². The quantitative estimate of drug-likeness (QED) is 0.0973. The minimum atomic E-state index is -1.13. The molecule has 0 spiro atoms. The number of aromatic nitrogens is 2. The summed E-state index contributed by atoms with van der Waals surface area (Å²) >= 11 is 0. The third-order valence-electron chi connectivity index (χ3n) is 7.67. The number of fused-ring (bicyclic) bond motifs is 2. The van der Waals surface area contributed by atoms with Gasteiger partial charge in [0.25, 0.3) is 5.91 Å². The van der Waals surface area contributed by atoms with Crippen molar-refractivity contribution in [2.45, 2.75) is 72.3 Å². The van der Waals surface area contributed by atoms with E-state index in [2.05, 4.69) is 25.9 Å². The van der Waals surface area contributed by atoms with Crippen molar-refractivity contribution >= 4 is 57.0 Å². The second-order valence-electron chi connectivity index (χ2n) is 14.7. The molecule has 0 radical (unpaired) electrons. The zero-order chi connectivity index (χ0) is 41.6. The van der Waals surface area contributed by atoms with Crippen molar-refractivity contribution in [2.75, 3.05) is 11.1 Å². The zero-order valence-corrected chi connectivity index (χ0v) is 32.7. The molecule has 0 unspecified atom stereocenters. The SMILES string of the molecule is C.CC(C)(C)OC(=O)N[C@@H](C(=O)Nc1ccc2cnccc2c1)c1ccccc1.CC(C)(C)OC(=O)N[C@@H](C(=O)O)c1ccccc1.Nc1ccc2cnccc2c1. The van der Waals surface area contributed by atoms with Crippen LogP contribution in [0.15, 0.2) is 134 Å². The summed E-state index contributed by atoms with van der Waals surface area (Å²) in [6.45, 7) is 10.5. The fourth-order valence-corrected chi connectivity index (χ4v) is 5.21. The Morgan fingerprint density at radius 1 is 0.603 bits per heavy atom. The maximum atomic E-state index is 13.0. The predicted octanol–water partition coefficient (Wildman–Crippen LogP) is 9.23. The van der Waals surface area contributed by atoms with E-state index in [4.69, 9.17) is 20.3 Å². The van der Waals surface area contributed by atoms with E-state index in [1.54, 1.807) is 109 Å². The summed E-state index contributed by atoms with van der Waals surface area (Å²) in [7, 11) is 0. The van der Waals surface area contributed by atoms with Crippen LogP contribution in [-0.2, 0) is 19.1 Å². The van der Waals surface area contributed by atoms with Gasteiger partial charge in [-0.15, -0.1) is 0 Å². The molecule has 2 aromatic heterocycles. The number of anilines is 2. The average Bonchev–Trinajstić information content (AvgIpc) is 3.15. The van der Waals surface area contributed by atoms with Crippen LogP contribution in [0.2, 0.25) is 0 Å². The Hall–Kier alpha value is -7.02. The Balaban J connectivity index is 0.000000256. The zero-order valence-electron chi connectivity index (χ0n) is 32.7. The first-order valence-electron chi connectivity index (χ1n) is 18.0. The first kappa shape index (κ1) is 45.4. The number of carbonyl (C=O) groups excluding carboxylic acids is 3. The van der Waals surface area contributed by atoms with Gasteiger partial charge in [-0.3, -0.25) is 14.8 Å². The smallest absolute Gasteiger partial charge is 0.408 e. The number of rotatable bonds is 7. The molecule has 304 valence electrons. The van der Waals surface area contributed by atoms with Gasteiger partial charge in [0.2, 0.25) is 0 Å². The Kier molecular flexibility index (Phi) is 16.2. The van der Waals surface area contributed by atoms with E-state index in [0.29, 0.717) is 16.8 Å². The first-order valence-corrected chi connectivity index (χ1v) is 18.0. The van der Waals surface area contributed by atoms with Gasteiger partial charge in [-0.2, -0.15) is 0 Å². The molecule has 0 saturated heterocycles. The Morgan fingerprint density at radius 3 is 1.53 bits per heavy atom. The van der Waals surface area contributed by atoms with Gasteiger partial charge in [-0.1, -0.05) is 80.2 Å². The average molecular weight is 789 g/mol. The third kappa shape index (κ3) is 14.9. The molecule has 13 nitrogen and oxygen atoms in total. The molecule has 0 fully saturated rings. The van der Waals surface area contributed by atoms with Crippen molar-refractivity contribution in [1.29, 1.82) is 0 Å². The number of hydrogen-bond acceptors (Lipinski definition) is 9. The van der Waals surface area contributed by atoms with Crippen LogP contribution in [-0.4, -0.2) is 50.3 Å². The number of benzene rings is 4. The van der Waals surface area contributed by atoms with E-state index >= 15 is 0 Å². The first-order chi connectivity index (χ1) is 27.0. The number of hydrogen-bond donors (Lipinski definition) is 5. The highest BCUT2D eigenvalue weighted by molar-refractivity contribution is 5.99. The van der Waals surface area contributed by atoms with Crippen LogP contribution in [0.1, 0.15) is 72.2 Å². The van der Waals surface area contributed by atoms with Crippen molar-refractivity contribution in [3.05, 3.63) is 145 Å². The Morgan fingerprint density at radius 2 is 1.05 bits per heavy atom. The van der Waals surface area contributed by atoms with Crippen LogP contribution in [0.5, 0.6) is 0 Å². The van der Waals surface area contributed by atoms with E-state index < -0.39 is 41.4 Å². The molecule has 6 rings (SSSR count). The molecule has 0 aliphatic heterocycles. The number of aliphatic carboxylic acids is 1. The highest BCUT2D eigenvalue weighted by atomic mass is 16.6. The summed E-state index contributed by atoms with van der Waals surface area (Å²) in [4.78, 5) is 56.0. The largest absolute Gasteiger partial charge is 0.479 e. The molecular weight excluding hydrogens is 737 g/mol. The highest BCUT2D eigenvalue weighted by Crippen LogP contribution is 2.22. The summed E-state index contributed by atoms with van der Waals surface area (Å²) < 4.78 is 10.3. The minimum Gasteiger partial charge on any atom is -0.479 e. The molecule has 0 bridgehead atoms. The topological polar surface area (TPSA) is 195 Å². The molecule has 3 amide bonds. The van der Waals surface area contributed by atoms with Crippen LogP contribution in [0.3, 0.4) is 0 Å². The van der Waals surface area contributed by atoms with Gasteiger partial charge in [0.1, 0.15) is 17.2 Å². The lowest BCUT2D eigenvalue weighted by Gasteiger charge is -2.23. The van der Waals surface area contributed by atoms with Crippen molar-refractivity contribution in [1.82, 2.24) is 20.6 Å². The number of pyridine rings is 2. The van der Waals surface area contributed by atoms with Crippen LogP contribution < -0.4 is 21.7 Å². The maximum Gasteiger partial charge on any atom is 0.408 e. The standard InChI is InChI=1S/C22H23N3O3.C13H17NO4.C9H8N2.CH4/c1-22(2,3)28-21(27)25-19(15-7-5-4-6-8-15)20(26)24-18-10-9-17-14-23-12-11-16(17)13-18;1-13(2,3)18-12(17)14-10(11(15)16)9-7-5-4-6-8-9;10-9-2-1-8-6-11-4-3-7(8)5-9;/h4-14,19H,1-3H3,(H,24,26)(H,25,27);4-8,10H,1-3H3,(H,14,17)(H,15,16);1-6H,10H2;1H4/t19-;10-;;/m11../s1. The van der Waals surface area contributed by atoms with Crippen LogP contribution in [0.25, 0.3) is 21.5 Å². The molecule has 0 aliphatic carbocycles. The molecule has 2 atom stereocenters. The number of nitrogen functional groups attached to an aromatic ring is 1. The Labute approximate surface area is 339 Å². The number of nitrogens with one attached hydrogen (secondary N) is 3. The van der Waals surface area contributed by atoms with E-state index in [9.17, 15) is 19.2 Å². The molecule has 13 heteroatoms. The molecular formula is C45H52N6O7. The van der Waals surface area contributed by atoms with Crippen LogP contribution in [0, 0.1) is 0 Å². The maximum absolute atomic E-state index is 13.0. The second kappa shape index (κ2) is 20.8. The third-order valence-corrected chi connectivity index (χ3v) is 7.67. The van der Waals surface area contributed by atoms with Crippen molar-refractivity contribution < 1.29 is 33.8 Å². The lowest BCUT2D eigenvalue weighted by Crippen LogP contribution is -2.40. The normalized spacial score (nSPS) is 11.8. The summed E-state index contributed by atoms with van der Waals surface area (Å²) in [6.07, 6.45) is 5.65. The molecule has 6 aromatic rings. The molecule has 0 aliphatic rings. The fraction of sp³-hybridized carbons (Fsp3) is 0.244. The van der Waals surface area contributed by atoms with E-state index in [1.165, 1.54) is 0 Å². The summed E-state index contributed by atoms with van der Waals surface area (Å²) in [5.41, 5.74) is 6.87. The van der Waals surface area contributed by atoms with Crippen molar-refractivity contribution in [2.24, 2.45) is 0 Å². The van der Waals surface area contributed by atoms with E-state index in [-0.39, 0.29) is 13.3 Å². The minimum absolute atomic E-state index is 0. The summed E-state index contributed by atoms with van der Waals surface area (Å²) in [5.74, 6) is -1.49. The van der Waals surface area contributed by atoms with Crippen molar-refractivity contribution in [3.63, 3.8) is 0 Å². The second-order valence-corrected chi connectivity index (χ2v) is 14.7. The number of carboxylic acid groups (broad SMARTS) is 1. The number of nitrogens with zero attached hydrogens (tertiary/aromatic N) is 2. The monoisotopic (exact) mass is 788 g/mol. The number of alkyl carbamates (subject to hydrolysis) is 2. The van der Waals surface area contributed by atoms with Gasteiger partial charge < -0.3 is 36.3 Å². The number of ether oxygens (including phenoxy) is 2. The number of carbonyl (C=O) groups is 4. The summed E-state index contributed by atoms with van der Waals surface area (Å²) in [5, 5.41) is 21.2. The highest BCUT2D eigenvalue weighted by Gasteiger charge is 2.27. The lowest BCUT2D eigenvalue weighted by atomic mass is 10.1. The molecule has 2 heterocycles. The van der Waals surface area contributed by atoms with Gasteiger partial charge >= 0.3 is 18.2 Å². The van der Waals surface area contributed by atoms with Crippen LogP contribution >= 0.6 is 0 Å². The number of amides is 3. The fourth-order valence-electron chi connectivity index (χ4n) is 5.21. The van der Waals surface area contributed by atoms with Gasteiger partial charge in [0.05, 0.1) is 0 Å².